The van der Waals surface area contributed by atoms with E-state index in [0.29, 0.717) is 17.8 Å². The number of carbonyl (C=O) groups excluding carboxylic acids is 2. The third-order valence-electron chi connectivity index (χ3n) is 5.77. The van der Waals surface area contributed by atoms with Crippen molar-refractivity contribution in [3.05, 3.63) is 59.7 Å². The lowest BCUT2D eigenvalue weighted by atomic mass is 10.1. The van der Waals surface area contributed by atoms with Gasteiger partial charge in [0.15, 0.2) is 0 Å². The van der Waals surface area contributed by atoms with Gasteiger partial charge in [0.1, 0.15) is 0 Å². The molecule has 3 N–H and O–H groups in total. The minimum absolute atomic E-state index is 0.238. The van der Waals surface area contributed by atoms with E-state index in [-0.39, 0.29) is 11.9 Å². The molecule has 2 aromatic rings. The summed E-state index contributed by atoms with van der Waals surface area (Å²) < 4.78 is 0. The second-order valence-electron chi connectivity index (χ2n) is 8.66. The monoisotopic (exact) mass is 451 g/mol. The minimum Gasteiger partial charge on any atom is -0.338 e. The van der Waals surface area contributed by atoms with Crippen molar-refractivity contribution >= 4 is 23.3 Å². The summed E-state index contributed by atoms with van der Waals surface area (Å²) in [6, 6.07) is 14.8. The van der Waals surface area contributed by atoms with E-state index < -0.39 is 0 Å². The molecule has 180 valence electrons. The van der Waals surface area contributed by atoms with Crippen molar-refractivity contribution < 1.29 is 9.59 Å². The van der Waals surface area contributed by atoms with Gasteiger partial charge in [0.05, 0.1) is 11.3 Å². The highest BCUT2D eigenvalue weighted by Crippen LogP contribution is 2.18. The van der Waals surface area contributed by atoms with Gasteiger partial charge in [-0.05, 0) is 49.1 Å². The van der Waals surface area contributed by atoms with Gasteiger partial charge in [-0.25, -0.2) is 4.79 Å². The molecule has 0 saturated carbocycles. The van der Waals surface area contributed by atoms with E-state index in [9.17, 15) is 9.59 Å². The number of carbonyl (C=O) groups is 2. The first kappa shape index (κ1) is 26.4. The largest absolute Gasteiger partial charge is 0.338 e. The molecule has 0 radical (unpaired) electrons. The zero-order chi connectivity index (χ0) is 23.7. The van der Waals surface area contributed by atoms with Crippen LogP contribution in [0.5, 0.6) is 0 Å². The van der Waals surface area contributed by atoms with Crippen LogP contribution in [0.2, 0.25) is 0 Å². The minimum atomic E-state index is -0.283. The van der Waals surface area contributed by atoms with Crippen LogP contribution in [0.15, 0.2) is 48.5 Å². The number of amides is 3. The number of urea groups is 1. The van der Waals surface area contributed by atoms with E-state index in [2.05, 4.69) is 41.9 Å². The molecule has 3 amide bonds. The van der Waals surface area contributed by atoms with E-state index >= 15 is 0 Å². The molecule has 5 heteroatoms. The van der Waals surface area contributed by atoms with E-state index in [1.54, 1.807) is 18.2 Å². The van der Waals surface area contributed by atoms with Crippen LogP contribution in [0.3, 0.4) is 0 Å². The highest BCUT2D eigenvalue weighted by molar-refractivity contribution is 6.09. The van der Waals surface area contributed by atoms with Crippen LogP contribution in [0.1, 0.15) is 94.0 Å². The van der Waals surface area contributed by atoms with Crippen LogP contribution < -0.4 is 16.0 Å². The SMILES string of the molecule is CCCCCCCNC(=O)Nc1ccccc1C(=O)Nc1ccc(CCCCCCC)cc1. The number of benzene rings is 2. The van der Waals surface area contributed by atoms with E-state index in [4.69, 9.17) is 0 Å². The summed E-state index contributed by atoms with van der Waals surface area (Å²) in [6.07, 6.45) is 13.1. The molecule has 5 nitrogen and oxygen atoms in total. The van der Waals surface area contributed by atoms with Crippen LogP contribution >= 0.6 is 0 Å². The molecule has 0 aliphatic carbocycles. The van der Waals surface area contributed by atoms with Crippen LogP contribution in [0.4, 0.5) is 16.2 Å². The Kier molecular flexibility index (Phi) is 12.7. The molecule has 0 heterocycles. The number of unbranched alkanes of at least 4 members (excludes halogenated alkanes) is 8. The molecule has 2 rings (SSSR count). The van der Waals surface area contributed by atoms with Crippen molar-refractivity contribution in [3.8, 4) is 0 Å². The third-order valence-corrected chi connectivity index (χ3v) is 5.77. The Morgan fingerprint density at radius 1 is 0.697 bits per heavy atom. The van der Waals surface area contributed by atoms with Gasteiger partial charge < -0.3 is 16.0 Å². The first-order valence-electron chi connectivity index (χ1n) is 12.7. The fourth-order valence-electron chi connectivity index (χ4n) is 3.77. The second kappa shape index (κ2) is 15.9. The van der Waals surface area contributed by atoms with Crippen molar-refractivity contribution in [1.82, 2.24) is 5.32 Å². The predicted octanol–water partition coefficient (Wildman–Crippen LogP) is 7.54. The topological polar surface area (TPSA) is 70.2 Å². The van der Waals surface area contributed by atoms with Crippen LogP contribution in [0, 0.1) is 0 Å². The summed E-state index contributed by atoms with van der Waals surface area (Å²) in [5.41, 5.74) is 2.98. The molecule has 0 unspecified atom stereocenters. The summed E-state index contributed by atoms with van der Waals surface area (Å²) in [5.74, 6) is -0.238. The molecular formula is C28H41N3O2. The maximum atomic E-state index is 12.9. The first-order valence-corrected chi connectivity index (χ1v) is 12.7. The zero-order valence-corrected chi connectivity index (χ0v) is 20.4. The molecule has 0 aliphatic heterocycles. The van der Waals surface area contributed by atoms with Crippen molar-refractivity contribution in [2.24, 2.45) is 0 Å². The predicted molar refractivity (Wildman–Crippen MR) is 139 cm³/mol. The smallest absolute Gasteiger partial charge is 0.319 e. The lowest BCUT2D eigenvalue weighted by Gasteiger charge is -2.12. The maximum Gasteiger partial charge on any atom is 0.319 e. The lowest BCUT2D eigenvalue weighted by molar-refractivity contribution is 0.102. The summed E-state index contributed by atoms with van der Waals surface area (Å²) in [4.78, 5) is 25.1. The summed E-state index contributed by atoms with van der Waals surface area (Å²) in [6.45, 7) is 5.05. The van der Waals surface area contributed by atoms with E-state index in [0.717, 1.165) is 24.9 Å². The molecule has 0 bridgehead atoms. The van der Waals surface area contributed by atoms with Crippen molar-refractivity contribution in [2.45, 2.75) is 84.5 Å². The summed E-state index contributed by atoms with van der Waals surface area (Å²) in [5, 5.41) is 8.64. The Bertz CT molecular complexity index is 833. The van der Waals surface area contributed by atoms with Gasteiger partial charge in [0, 0.05) is 12.2 Å². The number of aryl methyl sites for hydroxylation is 1. The first-order chi connectivity index (χ1) is 16.1. The van der Waals surface area contributed by atoms with Gasteiger partial charge in [-0.2, -0.15) is 0 Å². The van der Waals surface area contributed by atoms with Gasteiger partial charge in [0.2, 0.25) is 0 Å². The highest BCUT2D eigenvalue weighted by atomic mass is 16.2. The lowest BCUT2D eigenvalue weighted by Crippen LogP contribution is -2.30. The third kappa shape index (κ3) is 10.6. The van der Waals surface area contributed by atoms with Gasteiger partial charge >= 0.3 is 6.03 Å². The molecule has 0 aromatic heterocycles. The van der Waals surface area contributed by atoms with Crippen LogP contribution in [0.25, 0.3) is 0 Å². The summed E-state index contributed by atoms with van der Waals surface area (Å²) >= 11 is 0. The highest BCUT2D eigenvalue weighted by Gasteiger charge is 2.13. The standard InChI is InChI=1S/C28H41N3O2/c1-3-5-7-9-11-15-23-18-20-24(21-19-23)30-27(32)25-16-12-13-17-26(25)31-28(33)29-22-14-10-8-6-4-2/h12-13,16-21H,3-11,14-15,22H2,1-2H3,(H,30,32)(H2,29,31,33). The molecule has 2 aromatic carbocycles. The molecular weight excluding hydrogens is 410 g/mol. The fraction of sp³-hybridized carbons (Fsp3) is 0.500. The number of para-hydroxylation sites is 1. The number of nitrogens with one attached hydrogen (secondary N) is 3. The Morgan fingerprint density at radius 2 is 1.33 bits per heavy atom. The second-order valence-corrected chi connectivity index (χ2v) is 8.66. The van der Waals surface area contributed by atoms with E-state index in [1.807, 2.05) is 18.2 Å². The van der Waals surface area contributed by atoms with Crippen molar-refractivity contribution in [2.75, 3.05) is 17.2 Å². The molecule has 0 spiro atoms. The Labute approximate surface area is 199 Å². The number of rotatable bonds is 15. The molecule has 0 saturated heterocycles. The molecule has 0 aliphatic rings. The average Bonchev–Trinajstić information content (AvgIpc) is 2.82. The van der Waals surface area contributed by atoms with Crippen molar-refractivity contribution in [1.29, 1.82) is 0 Å². The normalized spacial score (nSPS) is 10.6. The number of hydrogen-bond donors (Lipinski definition) is 3. The van der Waals surface area contributed by atoms with Gasteiger partial charge in [-0.3, -0.25) is 4.79 Å². The Balaban J connectivity index is 1.83. The Morgan fingerprint density at radius 3 is 2.03 bits per heavy atom. The molecule has 0 atom stereocenters. The van der Waals surface area contributed by atoms with Gasteiger partial charge in [-0.1, -0.05) is 89.5 Å². The van der Waals surface area contributed by atoms with Crippen LogP contribution in [-0.4, -0.2) is 18.5 Å². The number of anilines is 2. The molecule has 0 fully saturated rings. The van der Waals surface area contributed by atoms with Crippen LogP contribution in [-0.2, 0) is 6.42 Å². The maximum absolute atomic E-state index is 12.9. The molecule has 33 heavy (non-hydrogen) atoms. The van der Waals surface area contributed by atoms with Crippen molar-refractivity contribution in [3.63, 3.8) is 0 Å². The fourth-order valence-corrected chi connectivity index (χ4v) is 3.77. The quantitative estimate of drug-likeness (QED) is 0.245. The average molecular weight is 452 g/mol. The van der Waals surface area contributed by atoms with Gasteiger partial charge in [0.25, 0.3) is 5.91 Å². The Hall–Kier alpha value is -2.82. The number of hydrogen-bond acceptors (Lipinski definition) is 2. The van der Waals surface area contributed by atoms with Gasteiger partial charge in [-0.15, -0.1) is 0 Å². The van der Waals surface area contributed by atoms with E-state index in [1.165, 1.54) is 56.9 Å². The zero-order valence-electron chi connectivity index (χ0n) is 20.4. The summed E-state index contributed by atoms with van der Waals surface area (Å²) in [7, 11) is 0.